The van der Waals surface area contributed by atoms with E-state index >= 15 is 0 Å². The summed E-state index contributed by atoms with van der Waals surface area (Å²) in [6.07, 6.45) is 7.00. The molecule has 7 rings (SSSR count). The lowest BCUT2D eigenvalue weighted by molar-refractivity contribution is 0.0225. The third-order valence-corrected chi connectivity index (χ3v) is 7.58. The van der Waals surface area contributed by atoms with Crippen LogP contribution in [0.15, 0.2) is 48.8 Å². The second-order valence-electron chi connectivity index (χ2n) is 9.57. The minimum atomic E-state index is -0.260. The maximum Gasteiger partial charge on any atom is 0.225 e. The SMILES string of the molecule is OC1CCN(c2ncc(-c3ccc4nc5n(c4n3)C3(CCc4ccccc43)COC5)cn2)CC1. The van der Waals surface area contributed by atoms with Crippen molar-refractivity contribution in [3.05, 3.63) is 65.7 Å². The Bertz CT molecular complexity index is 1380. The normalized spacial score (nSPS) is 22.3. The van der Waals surface area contributed by atoms with E-state index in [-0.39, 0.29) is 11.6 Å². The van der Waals surface area contributed by atoms with Crippen LogP contribution >= 0.6 is 0 Å². The lowest BCUT2D eigenvalue weighted by atomic mass is 9.91. The number of piperidine rings is 1. The summed E-state index contributed by atoms with van der Waals surface area (Å²) < 4.78 is 8.39. The number of hydrogen-bond acceptors (Lipinski definition) is 7. The molecule has 1 aromatic carbocycles. The van der Waals surface area contributed by atoms with E-state index in [1.165, 1.54) is 11.1 Å². The number of aliphatic hydroxyl groups excluding tert-OH is 1. The summed E-state index contributed by atoms with van der Waals surface area (Å²) in [5, 5.41) is 9.76. The van der Waals surface area contributed by atoms with Gasteiger partial charge in [-0.1, -0.05) is 24.3 Å². The quantitative estimate of drug-likeness (QED) is 0.498. The zero-order valence-corrected chi connectivity index (χ0v) is 18.9. The van der Waals surface area contributed by atoms with Crippen molar-refractivity contribution in [2.45, 2.75) is 43.9 Å². The van der Waals surface area contributed by atoms with Gasteiger partial charge in [0.15, 0.2) is 5.65 Å². The third kappa shape index (κ3) is 2.98. The number of fused-ring (bicyclic) bond motifs is 6. The van der Waals surface area contributed by atoms with E-state index < -0.39 is 0 Å². The van der Waals surface area contributed by atoms with Crippen LogP contribution in [-0.2, 0) is 23.3 Å². The number of imidazole rings is 1. The number of aromatic nitrogens is 5. The predicted molar refractivity (Wildman–Crippen MR) is 128 cm³/mol. The van der Waals surface area contributed by atoms with Crippen molar-refractivity contribution in [1.29, 1.82) is 0 Å². The Morgan fingerprint density at radius 3 is 2.68 bits per heavy atom. The van der Waals surface area contributed by atoms with E-state index in [0.29, 0.717) is 19.2 Å². The average Bonchev–Trinajstić information content (AvgIpc) is 3.44. The molecule has 1 fully saturated rings. The molecule has 0 radical (unpaired) electrons. The molecule has 8 nitrogen and oxygen atoms in total. The van der Waals surface area contributed by atoms with Crippen molar-refractivity contribution in [3.63, 3.8) is 0 Å². The van der Waals surface area contributed by atoms with E-state index in [4.69, 9.17) is 14.7 Å². The fraction of sp³-hybridized carbons (Fsp3) is 0.385. The smallest absolute Gasteiger partial charge is 0.225 e. The zero-order valence-electron chi connectivity index (χ0n) is 18.9. The molecule has 2 aliphatic heterocycles. The van der Waals surface area contributed by atoms with Crippen LogP contribution in [0.3, 0.4) is 0 Å². The minimum Gasteiger partial charge on any atom is -0.393 e. The van der Waals surface area contributed by atoms with Crippen LogP contribution in [0.25, 0.3) is 22.4 Å². The van der Waals surface area contributed by atoms with Gasteiger partial charge < -0.3 is 14.7 Å². The molecule has 8 heteroatoms. The molecule has 1 unspecified atom stereocenters. The number of ether oxygens (including phenoxy) is 1. The first-order valence-electron chi connectivity index (χ1n) is 12.0. The topological polar surface area (TPSA) is 89.2 Å². The fourth-order valence-electron chi connectivity index (χ4n) is 5.82. The molecule has 34 heavy (non-hydrogen) atoms. The lowest BCUT2D eigenvalue weighted by Crippen LogP contribution is -2.42. The van der Waals surface area contributed by atoms with Crippen molar-refractivity contribution >= 4 is 17.1 Å². The molecule has 3 aromatic heterocycles. The first kappa shape index (κ1) is 20.1. The van der Waals surface area contributed by atoms with Crippen LogP contribution in [-0.4, -0.2) is 55.4 Å². The standard InChI is InChI=1S/C26H26N6O2/c33-19-8-11-31(12-9-19)25-27-13-18(14-28-25)21-5-6-22-24(30-21)32-23(29-22)15-34-16-26(32)10-7-17-3-1-2-4-20(17)26/h1-6,13-14,19,33H,7-12,15-16H2. The highest BCUT2D eigenvalue weighted by Gasteiger charge is 2.45. The Morgan fingerprint density at radius 1 is 1.00 bits per heavy atom. The van der Waals surface area contributed by atoms with Crippen LogP contribution in [0, 0.1) is 0 Å². The molecule has 1 N–H and O–H groups in total. The van der Waals surface area contributed by atoms with Crippen molar-refractivity contribution in [3.8, 4) is 11.3 Å². The molecule has 5 heterocycles. The lowest BCUT2D eigenvalue weighted by Gasteiger charge is -2.37. The van der Waals surface area contributed by atoms with Crippen LogP contribution in [0.4, 0.5) is 5.95 Å². The Labute approximate surface area is 197 Å². The van der Waals surface area contributed by atoms with Crippen LogP contribution in [0.5, 0.6) is 0 Å². The monoisotopic (exact) mass is 454 g/mol. The predicted octanol–water partition coefficient (Wildman–Crippen LogP) is 3.07. The number of hydrogen-bond donors (Lipinski definition) is 1. The number of anilines is 1. The van der Waals surface area contributed by atoms with Gasteiger partial charge in [-0.05, 0) is 48.9 Å². The number of aliphatic hydroxyl groups is 1. The maximum atomic E-state index is 9.76. The summed E-state index contributed by atoms with van der Waals surface area (Å²) in [6.45, 7) is 2.69. The van der Waals surface area contributed by atoms with Gasteiger partial charge in [0.25, 0.3) is 0 Å². The largest absolute Gasteiger partial charge is 0.393 e. The second-order valence-corrected chi connectivity index (χ2v) is 9.57. The number of pyridine rings is 1. The Kier molecular flexibility index (Phi) is 4.47. The van der Waals surface area contributed by atoms with Gasteiger partial charge in [0.05, 0.1) is 23.9 Å². The first-order chi connectivity index (χ1) is 16.7. The average molecular weight is 455 g/mol. The molecule has 4 aromatic rings. The minimum absolute atomic E-state index is 0.214. The highest BCUT2D eigenvalue weighted by molar-refractivity contribution is 5.77. The summed E-state index contributed by atoms with van der Waals surface area (Å²) in [5.74, 6) is 1.64. The fourth-order valence-corrected chi connectivity index (χ4v) is 5.82. The summed E-state index contributed by atoms with van der Waals surface area (Å²) in [7, 11) is 0. The van der Waals surface area contributed by atoms with Gasteiger partial charge in [-0.25, -0.2) is 19.9 Å². The summed E-state index contributed by atoms with van der Waals surface area (Å²) >= 11 is 0. The van der Waals surface area contributed by atoms with Crippen molar-refractivity contribution in [2.24, 2.45) is 0 Å². The Balaban J connectivity index is 1.29. The number of nitrogens with zero attached hydrogens (tertiary/aromatic N) is 6. The number of benzene rings is 1. The zero-order chi connectivity index (χ0) is 22.7. The number of rotatable bonds is 2. The van der Waals surface area contributed by atoms with Gasteiger partial charge in [-0.2, -0.15) is 0 Å². The molecule has 1 spiro atoms. The van der Waals surface area contributed by atoms with Gasteiger partial charge in [-0.3, -0.25) is 4.57 Å². The molecule has 0 bridgehead atoms. The van der Waals surface area contributed by atoms with E-state index in [1.54, 1.807) is 0 Å². The number of aryl methyl sites for hydroxylation is 1. The van der Waals surface area contributed by atoms with E-state index in [2.05, 4.69) is 43.7 Å². The highest BCUT2D eigenvalue weighted by Crippen LogP contribution is 2.45. The summed E-state index contributed by atoms with van der Waals surface area (Å²) in [6, 6.07) is 12.7. The van der Waals surface area contributed by atoms with Gasteiger partial charge in [0.2, 0.25) is 5.95 Å². The molecule has 0 saturated carbocycles. The van der Waals surface area contributed by atoms with Gasteiger partial charge in [-0.15, -0.1) is 0 Å². The highest BCUT2D eigenvalue weighted by atomic mass is 16.5. The molecule has 1 atom stereocenters. The molecule has 0 amide bonds. The van der Waals surface area contributed by atoms with E-state index in [1.807, 2.05) is 24.5 Å². The second kappa shape index (κ2) is 7.58. The summed E-state index contributed by atoms with van der Waals surface area (Å²) in [4.78, 5) is 21.3. The van der Waals surface area contributed by atoms with E-state index in [9.17, 15) is 5.11 Å². The molecule has 1 aliphatic carbocycles. The molecular formula is C26H26N6O2. The van der Waals surface area contributed by atoms with Gasteiger partial charge in [0, 0.05) is 31.0 Å². The molecular weight excluding hydrogens is 428 g/mol. The molecule has 1 saturated heterocycles. The Hall–Kier alpha value is -3.36. The van der Waals surface area contributed by atoms with Crippen molar-refractivity contribution in [2.75, 3.05) is 24.6 Å². The van der Waals surface area contributed by atoms with Gasteiger partial charge >= 0.3 is 0 Å². The molecule has 172 valence electrons. The van der Waals surface area contributed by atoms with Crippen LogP contribution in [0.2, 0.25) is 0 Å². The van der Waals surface area contributed by atoms with E-state index in [0.717, 1.165) is 67.0 Å². The summed E-state index contributed by atoms with van der Waals surface area (Å²) in [5.41, 5.74) is 5.94. The van der Waals surface area contributed by atoms with Crippen molar-refractivity contribution in [1.82, 2.24) is 24.5 Å². The van der Waals surface area contributed by atoms with Crippen LogP contribution in [0.1, 0.15) is 36.2 Å². The third-order valence-electron chi connectivity index (χ3n) is 7.58. The first-order valence-corrected chi connectivity index (χ1v) is 12.0. The maximum absolute atomic E-state index is 9.76. The van der Waals surface area contributed by atoms with Gasteiger partial charge in [0.1, 0.15) is 17.9 Å². The Morgan fingerprint density at radius 2 is 1.82 bits per heavy atom. The van der Waals surface area contributed by atoms with Crippen LogP contribution < -0.4 is 4.90 Å². The molecule has 3 aliphatic rings. The van der Waals surface area contributed by atoms with Crippen molar-refractivity contribution < 1.29 is 9.84 Å².